The molecule has 0 aliphatic rings. The minimum absolute atomic E-state index is 0.0235. The molecule has 1 aromatic rings. The van der Waals surface area contributed by atoms with Crippen molar-refractivity contribution in [3.63, 3.8) is 0 Å². The molecule has 1 heterocycles. The first-order valence-corrected chi connectivity index (χ1v) is 5.74. The van der Waals surface area contributed by atoms with Crippen molar-refractivity contribution in [3.8, 4) is 0 Å². The minimum Gasteiger partial charge on any atom is -0.396 e. The molecule has 0 bridgehead atoms. The molecule has 0 aliphatic heterocycles. The molecule has 1 amide bonds. The van der Waals surface area contributed by atoms with E-state index in [-0.39, 0.29) is 12.2 Å². The van der Waals surface area contributed by atoms with Crippen molar-refractivity contribution in [3.05, 3.63) is 29.8 Å². The van der Waals surface area contributed by atoms with Gasteiger partial charge < -0.3 is 10.4 Å². The van der Waals surface area contributed by atoms with Gasteiger partial charge in [-0.05, 0) is 18.9 Å². The van der Waals surface area contributed by atoms with Gasteiger partial charge in [0.25, 0.3) is 5.91 Å². The average molecular weight is 240 g/mol. The monoisotopic (exact) mass is 240 g/mol. The van der Waals surface area contributed by atoms with Gasteiger partial charge in [0, 0.05) is 19.3 Å². The van der Waals surface area contributed by atoms with Crippen LogP contribution in [0.3, 0.4) is 0 Å². The Kier molecular flexibility index (Phi) is 6.17. The highest BCUT2D eigenvalue weighted by Gasteiger charge is 2.09. The van der Waals surface area contributed by atoms with Crippen LogP contribution in [-0.2, 0) is 0 Å². The van der Waals surface area contributed by atoms with Crippen LogP contribution < -0.4 is 5.32 Å². The van der Waals surface area contributed by atoms with Crippen LogP contribution in [0.2, 0.25) is 0 Å². The van der Waals surface area contributed by atoms with Crippen LogP contribution in [0, 0.1) is 5.82 Å². The first kappa shape index (κ1) is 13.6. The summed E-state index contributed by atoms with van der Waals surface area (Å²) in [5.41, 5.74) is 0.0235. The second-order valence-electron chi connectivity index (χ2n) is 3.75. The smallest absolute Gasteiger partial charge is 0.254 e. The fourth-order valence-corrected chi connectivity index (χ4v) is 1.45. The summed E-state index contributed by atoms with van der Waals surface area (Å²) in [4.78, 5) is 15.1. The summed E-state index contributed by atoms with van der Waals surface area (Å²) in [6.07, 6.45) is 5.91. The van der Waals surface area contributed by atoms with Crippen molar-refractivity contribution in [1.82, 2.24) is 10.3 Å². The van der Waals surface area contributed by atoms with Gasteiger partial charge in [-0.15, -0.1) is 0 Å². The molecule has 0 aromatic carbocycles. The summed E-state index contributed by atoms with van der Waals surface area (Å²) in [6, 6.07) is 1.36. The lowest BCUT2D eigenvalue weighted by molar-refractivity contribution is 0.0948. The van der Waals surface area contributed by atoms with Gasteiger partial charge >= 0.3 is 0 Å². The van der Waals surface area contributed by atoms with Crippen LogP contribution in [0.5, 0.6) is 0 Å². The van der Waals surface area contributed by atoms with E-state index in [9.17, 15) is 9.18 Å². The highest BCUT2D eigenvalue weighted by Crippen LogP contribution is 2.04. The Hall–Kier alpha value is -1.49. The number of carbonyl (C=O) groups is 1. The second kappa shape index (κ2) is 7.73. The number of halogens is 1. The Labute approximate surface area is 99.9 Å². The number of carbonyl (C=O) groups excluding carboxylic acids is 1. The van der Waals surface area contributed by atoms with E-state index >= 15 is 0 Å². The molecule has 0 fully saturated rings. The number of amides is 1. The van der Waals surface area contributed by atoms with E-state index in [1.165, 1.54) is 12.3 Å². The van der Waals surface area contributed by atoms with Crippen LogP contribution >= 0.6 is 0 Å². The first-order chi connectivity index (χ1) is 8.25. The molecule has 0 spiro atoms. The Balaban J connectivity index is 2.24. The highest BCUT2D eigenvalue weighted by atomic mass is 19.1. The second-order valence-corrected chi connectivity index (χ2v) is 3.75. The molecule has 2 N–H and O–H groups in total. The van der Waals surface area contributed by atoms with Crippen LogP contribution in [-0.4, -0.2) is 29.1 Å². The van der Waals surface area contributed by atoms with Crippen molar-refractivity contribution in [2.45, 2.75) is 25.7 Å². The van der Waals surface area contributed by atoms with Gasteiger partial charge in [-0.2, -0.15) is 0 Å². The fraction of sp³-hybridized carbons (Fsp3) is 0.500. The van der Waals surface area contributed by atoms with Crippen LogP contribution in [0.25, 0.3) is 0 Å². The molecule has 1 aromatic heterocycles. The molecule has 0 atom stereocenters. The molecule has 0 unspecified atom stereocenters. The standard InChI is InChI=1S/C12H17FN2O2/c13-11-9-14-7-5-10(11)12(17)15-6-3-1-2-4-8-16/h5,7,9,16H,1-4,6,8H2,(H,15,17). The zero-order valence-electron chi connectivity index (χ0n) is 9.66. The van der Waals surface area contributed by atoms with Gasteiger partial charge in [-0.1, -0.05) is 12.8 Å². The summed E-state index contributed by atoms with van der Waals surface area (Å²) in [7, 11) is 0. The molecule has 5 heteroatoms. The number of pyridine rings is 1. The molecular weight excluding hydrogens is 223 g/mol. The highest BCUT2D eigenvalue weighted by molar-refractivity contribution is 5.94. The molecule has 17 heavy (non-hydrogen) atoms. The zero-order chi connectivity index (χ0) is 12.5. The number of aliphatic hydroxyl groups is 1. The molecule has 4 nitrogen and oxygen atoms in total. The summed E-state index contributed by atoms with van der Waals surface area (Å²) < 4.78 is 13.2. The third-order valence-corrected chi connectivity index (χ3v) is 2.39. The number of nitrogens with one attached hydrogen (secondary N) is 1. The lowest BCUT2D eigenvalue weighted by atomic mass is 10.2. The topological polar surface area (TPSA) is 62.2 Å². The molecule has 94 valence electrons. The average Bonchev–Trinajstić information content (AvgIpc) is 2.34. The number of aliphatic hydroxyl groups excluding tert-OH is 1. The van der Waals surface area contributed by atoms with Gasteiger partial charge in [-0.25, -0.2) is 4.39 Å². The van der Waals surface area contributed by atoms with Crippen molar-refractivity contribution in [2.24, 2.45) is 0 Å². The zero-order valence-corrected chi connectivity index (χ0v) is 9.66. The molecular formula is C12H17FN2O2. The minimum atomic E-state index is -0.606. The molecule has 0 aliphatic carbocycles. The maximum absolute atomic E-state index is 13.2. The third kappa shape index (κ3) is 4.91. The van der Waals surface area contributed by atoms with Gasteiger partial charge in [0.05, 0.1) is 11.8 Å². The van der Waals surface area contributed by atoms with Gasteiger partial charge in [-0.3, -0.25) is 9.78 Å². The third-order valence-electron chi connectivity index (χ3n) is 2.39. The van der Waals surface area contributed by atoms with Crippen LogP contribution in [0.1, 0.15) is 36.0 Å². The van der Waals surface area contributed by atoms with Gasteiger partial charge in [0.2, 0.25) is 0 Å². The van der Waals surface area contributed by atoms with E-state index in [1.54, 1.807) is 0 Å². The Morgan fingerprint density at radius 1 is 1.35 bits per heavy atom. The van der Waals surface area contributed by atoms with E-state index < -0.39 is 11.7 Å². The lowest BCUT2D eigenvalue weighted by Gasteiger charge is -2.05. The summed E-state index contributed by atoms with van der Waals surface area (Å²) in [6.45, 7) is 0.723. The SMILES string of the molecule is O=C(NCCCCCCO)c1ccncc1F. The Morgan fingerprint density at radius 3 is 2.82 bits per heavy atom. The van der Waals surface area contributed by atoms with Gasteiger partial charge in [0.1, 0.15) is 0 Å². The van der Waals surface area contributed by atoms with Crippen molar-refractivity contribution in [2.75, 3.05) is 13.2 Å². The predicted octanol–water partition coefficient (Wildman–Crippen LogP) is 1.50. The molecule has 0 saturated heterocycles. The van der Waals surface area contributed by atoms with E-state index in [4.69, 9.17) is 5.11 Å². The van der Waals surface area contributed by atoms with Crippen molar-refractivity contribution in [1.29, 1.82) is 0 Å². The van der Waals surface area contributed by atoms with E-state index in [2.05, 4.69) is 10.3 Å². The predicted molar refractivity (Wildman–Crippen MR) is 62.1 cm³/mol. The van der Waals surface area contributed by atoms with E-state index in [0.717, 1.165) is 31.9 Å². The van der Waals surface area contributed by atoms with E-state index in [1.807, 2.05) is 0 Å². The molecule has 0 saturated carbocycles. The maximum atomic E-state index is 13.2. The van der Waals surface area contributed by atoms with Crippen LogP contribution in [0.15, 0.2) is 18.5 Å². The molecule has 0 radical (unpaired) electrons. The lowest BCUT2D eigenvalue weighted by Crippen LogP contribution is -2.25. The first-order valence-electron chi connectivity index (χ1n) is 5.74. The quantitative estimate of drug-likeness (QED) is 0.710. The van der Waals surface area contributed by atoms with Crippen molar-refractivity contribution >= 4 is 5.91 Å². The van der Waals surface area contributed by atoms with Gasteiger partial charge in [0.15, 0.2) is 5.82 Å². The maximum Gasteiger partial charge on any atom is 0.254 e. The Bertz CT molecular complexity index is 358. The number of rotatable bonds is 7. The Morgan fingerprint density at radius 2 is 2.12 bits per heavy atom. The number of nitrogens with zero attached hydrogens (tertiary/aromatic N) is 1. The number of hydrogen-bond acceptors (Lipinski definition) is 3. The number of unbranched alkanes of at least 4 members (excludes halogenated alkanes) is 3. The fourth-order valence-electron chi connectivity index (χ4n) is 1.45. The summed E-state index contributed by atoms with van der Waals surface area (Å²) in [5.74, 6) is -1.02. The van der Waals surface area contributed by atoms with Crippen LogP contribution in [0.4, 0.5) is 4.39 Å². The van der Waals surface area contributed by atoms with Crippen molar-refractivity contribution < 1.29 is 14.3 Å². The number of aromatic nitrogens is 1. The summed E-state index contributed by atoms with van der Waals surface area (Å²) >= 11 is 0. The summed E-state index contributed by atoms with van der Waals surface area (Å²) in [5, 5.41) is 11.2. The normalized spacial score (nSPS) is 10.2. The largest absolute Gasteiger partial charge is 0.396 e. The number of hydrogen-bond donors (Lipinski definition) is 2. The van der Waals surface area contributed by atoms with E-state index in [0.29, 0.717) is 6.54 Å². The molecule has 1 rings (SSSR count).